The van der Waals surface area contributed by atoms with E-state index in [1.807, 2.05) is 13.8 Å². The quantitative estimate of drug-likeness (QED) is 0.907. The van der Waals surface area contributed by atoms with Crippen LogP contribution in [0.15, 0.2) is 6.07 Å². The Morgan fingerprint density at radius 1 is 1.50 bits per heavy atom. The first-order valence-electron chi connectivity index (χ1n) is 7.69. The standard InChI is InChI=1S/C15H24F2N4O/c1-11-9-13(19-18-11)14(22)21-8-7-20(12(2)10-21)6-4-5-15(3,16)17/h9,12H,4-8,10H2,1-3H3,(H,18,19)/t12-/m1/s1. The molecular weight excluding hydrogens is 290 g/mol. The second-order valence-corrected chi connectivity index (χ2v) is 6.25. The van der Waals surface area contributed by atoms with Crippen LogP contribution in [0, 0.1) is 6.92 Å². The van der Waals surface area contributed by atoms with E-state index in [-0.39, 0.29) is 18.4 Å². The minimum absolute atomic E-state index is 0.0732. The van der Waals surface area contributed by atoms with Crippen LogP contribution in [0.2, 0.25) is 0 Å². The number of nitrogens with zero attached hydrogens (tertiary/aromatic N) is 3. The van der Waals surface area contributed by atoms with Gasteiger partial charge >= 0.3 is 0 Å². The van der Waals surface area contributed by atoms with Gasteiger partial charge in [0, 0.05) is 37.8 Å². The maximum absolute atomic E-state index is 12.8. The zero-order valence-corrected chi connectivity index (χ0v) is 13.4. The molecule has 0 spiro atoms. The van der Waals surface area contributed by atoms with Crippen molar-refractivity contribution < 1.29 is 13.6 Å². The normalized spacial score (nSPS) is 20.4. The fourth-order valence-electron chi connectivity index (χ4n) is 2.79. The van der Waals surface area contributed by atoms with Gasteiger partial charge in [-0.3, -0.25) is 14.8 Å². The summed E-state index contributed by atoms with van der Waals surface area (Å²) in [6, 6.07) is 1.91. The first-order valence-corrected chi connectivity index (χ1v) is 7.69. The fourth-order valence-corrected chi connectivity index (χ4v) is 2.79. The molecule has 2 rings (SSSR count). The first-order chi connectivity index (χ1) is 10.3. The van der Waals surface area contributed by atoms with E-state index in [4.69, 9.17) is 0 Å². The molecule has 0 bridgehead atoms. The van der Waals surface area contributed by atoms with Crippen molar-refractivity contribution in [3.63, 3.8) is 0 Å². The molecule has 1 atom stereocenters. The number of hydrogen-bond donors (Lipinski definition) is 1. The second-order valence-electron chi connectivity index (χ2n) is 6.25. The number of carbonyl (C=O) groups is 1. The van der Waals surface area contributed by atoms with Gasteiger partial charge in [-0.1, -0.05) is 0 Å². The molecule has 1 N–H and O–H groups in total. The maximum atomic E-state index is 12.8. The second kappa shape index (κ2) is 6.73. The van der Waals surface area contributed by atoms with Gasteiger partial charge in [0.25, 0.3) is 5.91 Å². The van der Waals surface area contributed by atoms with Crippen molar-refractivity contribution in [2.45, 2.75) is 45.6 Å². The summed E-state index contributed by atoms with van der Waals surface area (Å²) in [6.45, 7) is 7.41. The number of nitrogens with one attached hydrogen (secondary N) is 1. The molecule has 2 heterocycles. The smallest absolute Gasteiger partial charge is 0.274 e. The average Bonchev–Trinajstić information content (AvgIpc) is 2.85. The van der Waals surface area contributed by atoms with Crippen LogP contribution < -0.4 is 0 Å². The molecule has 7 heteroatoms. The van der Waals surface area contributed by atoms with Crippen LogP contribution in [-0.2, 0) is 0 Å². The number of carbonyl (C=O) groups excluding carboxylic acids is 1. The van der Waals surface area contributed by atoms with E-state index < -0.39 is 5.92 Å². The maximum Gasteiger partial charge on any atom is 0.274 e. The van der Waals surface area contributed by atoms with E-state index >= 15 is 0 Å². The van der Waals surface area contributed by atoms with Gasteiger partial charge in [0.1, 0.15) is 5.69 Å². The van der Waals surface area contributed by atoms with Crippen molar-refractivity contribution >= 4 is 5.91 Å². The van der Waals surface area contributed by atoms with Crippen LogP contribution >= 0.6 is 0 Å². The van der Waals surface area contributed by atoms with Crippen molar-refractivity contribution in [3.8, 4) is 0 Å². The minimum atomic E-state index is -2.60. The molecule has 0 aliphatic carbocycles. The third kappa shape index (κ3) is 4.50. The topological polar surface area (TPSA) is 52.2 Å². The van der Waals surface area contributed by atoms with Gasteiger partial charge in [-0.25, -0.2) is 8.78 Å². The summed E-state index contributed by atoms with van der Waals surface area (Å²) < 4.78 is 25.7. The summed E-state index contributed by atoms with van der Waals surface area (Å²) in [7, 11) is 0. The van der Waals surface area contributed by atoms with E-state index in [1.165, 1.54) is 0 Å². The molecule has 1 amide bonds. The third-order valence-corrected chi connectivity index (χ3v) is 4.04. The molecule has 1 aromatic heterocycles. The van der Waals surface area contributed by atoms with Crippen LogP contribution in [0.3, 0.4) is 0 Å². The molecule has 0 saturated carbocycles. The Bertz CT molecular complexity index is 512. The lowest BCUT2D eigenvalue weighted by atomic mass is 10.1. The van der Waals surface area contributed by atoms with Crippen LogP contribution in [0.25, 0.3) is 0 Å². The largest absolute Gasteiger partial charge is 0.334 e. The Morgan fingerprint density at radius 3 is 2.77 bits per heavy atom. The molecule has 1 aliphatic heterocycles. The summed E-state index contributed by atoms with van der Waals surface area (Å²) in [5.74, 6) is -2.67. The van der Waals surface area contributed by atoms with E-state index in [2.05, 4.69) is 15.1 Å². The number of rotatable bonds is 5. The number of aromatic nitrogens is 2. The highest BCUT2D eigenvalue weighted by Gasteiger charge is 2.29. The van der Waals surface area contributed by atoms with Crippen molar-refractivity contribution in [1.29, 1.82) is 0 Å². The van der Waals surface area contributed by atoms with Gasteiger partial charge < -0.3 is 4.90 Å². The number of alkyl halides is 2. The summed E-state index contributed by atoms with van der Waals surface area (Å²) in [4.78, 5) is 16.3. The van der Waals surface area contributed by atoms with Crippen LogP contribution in [-0.4, -0.2) is 64.0 Å². The zero-order chi connectivity index (χ0) is 16.3. The molecule has 0 unspecified atom stereocenters. The van der Waals surface area contributed by atoms with Crippen LogP contribution in [0.1, 0.15) is 42.9 Å². The molecule has 1 aromatic rings. The third-order valence-electron chi connectivity index (χ3n) is 4.04. The molecular formula is C15H24F2N4O. The number of aryl methyl sites for hydroxylation is 1. The molecule has 1 fully saturated rings. The van der Waals surface area contributed by atoms with Crippen LogP contribution in [0.4, 0.5) is 8.78 Å². The van der Waals surface area contributed by atoms with E-state index in [0.717, 1.165) is 12.6 Å². The van der Waals surface area contributed by atoms with Gasteiger partial charge in [0.05, 0.1) is 0 Å². The Kier molecular flexibility index (Phi) is 5.16. The molecule has 22 heavy (non-hydrogen) atoms. The summed E-state index contributed by atoms with van der Waals surface area (Å²) in [5, 5.41) is 6.77. The first kappa shape index (κ1) is 16.9. The van der Waals surface area contributed by atoms with Gasteiger partial charge in [-0.2, -0.15) is 5.10 Å². The molecule has 0 aromatic carbocycles. The summed E-state index contributed by atoms with van der Waals surface area (Å²) >= 11 is 0. The molecule has 5 nitrogen and oxygen atoms in total. The Hall–Kier alpha value is -1.50. The van der Waals surface area contributed by atoms with E-state index in [1.54, 1.807) is 11.0 Å². The van der Waals surface area contributed by atoms with Gasteiger partial charge in [0.15, 0.2) is 0 Å². The lowest BCUT2D eigenvalue weighted by Gasteiger charge is -2.39. The zero-order valence-electron chi connectivity index (χ0n) is 13.4. The summed E-state index contributed by atoms with van der Waals surface area (Å²) in [6.07, 6.45) is 0.381. The summed E-state index contributed by atoms with van der Waals surface area (Å²) in [5.41, 5.74) is 1.29. The number of piperazine rings is 1. The van der Waals surface area contributed by atoms with Crippen LogP contribution in [0.5, 0.6) is 0 Å². The Labute approximate surface area is 129 Å². The molecule has 1 saturated heterocycles. The van der Waals surface area contributed by atoms with Gasteiger partial charge in [-0.05, 0) is 39.8 Å². The van der Waals surface area contributed by atoms with E-state index in [9.17, 15) is 13.6 Å². The minimum Gasteiger partial charge on any atom is -0.334 e. The van der Waals surface area contributed by atoms with Crippen molar-refractivity contribution in [2.24, 2.45) is 0 Å². The highest BCUT2D eigenvalue weighted by molar-refractivity contribution is 5.92. The monoisotopic (exact) mass is 314 g/mol. The Balaban J connectivity index is 1.83. The fraction of sp³-hybridized carbons (Fsp3) is 0.733. The lowest BCUT2D eigenvalue weighted by Crippen LogP contribution is -2.53. The lowest BCUT2D eigenvalue weighted by molar-refractivity contribution is 0.00459. The predicted octanol–water partition coefficient (Wildman–Crippen LogP) is 2.30. The predicted molar refractivity (Wildman–Crippen MR) is 80.1 cm³/mol. The van der Waals surface area contributed by atoms with Gasteiger partial charge in [0.2, 0.25) is 5.92 Å². The van der Waals surface area contributed by atoms with Crippen molar-refractivity contribution in [3.05, 3.63) is 17.5 Å². The molecule has 1 aliphatic rings. The number of halogens is 2. The highest BCUT2D eigenvalue weighted by atomic mass is 19.3. The van der Waals surface area contributed by atoms with Crippen molar-refractivity contribution in [1.82, 2.24) is 20.0 Å². The van der Waals surface area contributed by atoms with Crippen molar-refractivity contribution in [2.75, 3.05) is 26.2 Å². The number of amides is 1. The van der Waals surface area contributed by atoms with Gasteiger partial charge in [-0.15, -0.1) is 0 Å². The number of aromatic amines is 1. The average molecular weight is 314 g/mol. The SMILES string of the molecule is Cc1cc(C(=O)N2CCN(CCCC(C)(F)F)[C@H](C)C2)n[nH]1. The molecule has 0 radical (unpaired) electrons. The number of hydrogen-bond acceptors (Lipinski definition) is 3. The highest BCUT2D eigenvalue weighted by Crippen LogP contribution is 2.20. The number of H-pyrrole nitrogens is 1. The Morgan fingerprint density at radius 2 is 2.23 bits per heavy atom. The molecule has 124 valence electrons. The van der Waals surface area contributed by atoms with E-state index in [0.29, 0.717) is 38.3 Å².